The highest BCUT2D eigenvalue weighted by Crippen LogP contribution is 2.20. The molecule has 72 valence electrons. The summed E-state index contributed by atoms with van der Waals surface area (Å²) >= 11 is 3.39. The molecule has 1 aromatic rings. The van der Waals surface area contributed by atoms with Crippen molar-refractivity contribution in [1.29, 1.82) is 0 Å². The van der Waals surface area contributed by atoms with Crippen LogP contribution in [0.5, 0.6) is 0 Å². The normalized spacial score (nSPS) is 9.29. The lowest BCUT2D eigenvalue weighted by Gasteiger charge is -2.03. The van der Waals surface area contributed by atoms with Crippen molar-refractivity contribution in [3.63, 3.8) is 0 Å². The minimum atomic E-state index is 0.364. The lowest BCUT2D eigenvalue weighted by atomic mass is 10.1. The van der Waals surface area contributed by atoms with Crippen LogP contribution in [0.1, 0.15) is 18.1 Å². The molecule has 0 saturated heterocycles. The Hall–Kier alpha value is -1.18. The number of rotatable bonds is 3. The Labute approximate surface area is 91.5 Å². The number of isocyanates is 1. The van der Waals surface area contributed by atoms with Gasteiger partial charge in [-0.05, 0) is 36.2 Å². The van der Waals surface area contributed by atoms with Crippen LogP contribution in [0.25, 0.3) is 5.57 Å². The molecule has 0 aromatic heterocycles. The van der Waals surface area contributed by atoms with E-state index in [2.05, 4.69) is 27.5 Å². The minimum absolute atomic E-state index is 0.364. The second kappa shape index (κ2) is 4.89. The maximum atomic E-state index is 9.96. The van der Waals surface area contributed by atoms with Gasteiger partial charge in [0.1, 0.15) is 0 Å². The van der Waals surface area contributed by atoms with Crippen LogP contribution >= 0.6 is 15.9 Å². The molecule has 0 aliphatic rings. The highest BCUT2D eigenvalue weighted by molar-refractivity contribution is 9.10. The van der Waals surface area contributed by atoms with Gasteiger partial charge in [-0.25, -0.2) is 9.79 Å². The Morgan fingerprint density at radius 1 is 1.57 bits per heavy atom. The van der Waals surface area contributed by atoms with Crippen LogP contribution in [0.3, 0.4) is 0 Å². The van der Waals surface area contributed by atoms with Gasteiger partial charge >= 0.3 is 0 Å². The van der Waals surface area contributed by atoms with Gasteiger partial charge in [0.2, 0.25) is 6.08 Å². The van der Waals surface area contributed by atoms with Crippen molar-refractivity contribution in [2.75, 3.05) is 0 Å². The van der Waals surface area contributed by atoms with Gasteiger partial charge in [0.25, 0.3) is 0 Å². The van der Waals surface area contributed by atoms with E-state index in [-0.39, 0.29) is 0 Å². The van der Waals surface area contributed by atoms with Gasteiger partial charge in [0, 0.05) is 4.47 Å². The molecule has 1 aromatic carbocycles. The molecule has 3 heteroatoms. The summed E-state index contributed by atoms with van der Waals surface area (Å²) in [5.41, 5.74) is 3.01. The number of benzene rings is 1. The molecule has 0 aliphatic carbocycles. The summed E-state index contributed by atoms with van der Waals surface area (Å²) in [5.74, 6) is 0. The number of nitrogens with zero attached hydrogens (tertiary/aromatic N) is 1. The first-order valence-electron chi connectivity index (χ1n) is 4.12. The van der Waals surface area contributed by atoms with Crippen molar-refractivity contribution in [3.05, 3.63) is 40.4 Å². The summed E-state index contributed by atoms with van der Waals surface area (Å²) in [6.45, 7) is 6.16. The van der Waals surface area contributed by atoms with E-state index in [0.29, 0.717) is 6.54 Å². The number of aliphatic imine (C=N–C) groups is 1. The van der Waals surface area contributed by atoms with Gasteiger partial charge in [-0.2, -0.15) is 0 Å². The number of halogens is 1. The minimum Gasteiger partial charge on any atom is -0.211 e. The molecule has 14 heavy (non-hydrogen) atoms. The fourth-order valence-corrected chi connectivity index (χ4v) is 1.65. The average Bonchev–Trinajstić information content (AvgIpc) is 2.14. The molecule has 0 aliphatic heterocycles. The van der Waals surface area contributed by atoms with Crippen molar-refractivity contribution in [2.45, 2.75) is 13.5 Å². The van der Waals surface area contributed by atoms with Gasteiger partial charge < -0.3 is 0 Å². The maximum Gasteiger partial charge on any atom is 0.235 e. The molecule has 0 radical (unpaired) electrons. The molecule has 0 N–H and O–H groups in total. The number of carbonyl (C=O) groups excluding carboxylic acids is 1. The van der Waals surface area contributed by atoms with Crippen molar-refractivity contribution < 1.29 is 4.79 Å². The fourth-order valence-electron chi connectivity index (χ4n) is 1.11. The molecule has 2 nitrogen and oxygen atoms in total. The zero-order chi connectivity index (χ0) is 10.6. The largest absolute Gasteiger partial charge is 0.235 e. The molecule has 0 heterocycles. The third kappa shape index (κ3) is 2.95. The smallest absolute Gasteiger partial charge is 0.211 e. The van der Waals surface area contributed by atoms with Gasteiger partial charge in [0.15, 0.2) is 0 Å². The van der Waals surface area contributed by atoms with Gasteiger partial charge in [-0.3, -0.25) is 0 Å². The SMILES string of the molecule is C=C(C)c1cc(Br)cc(CN=C=O)c1. The Balaban J connectivity index is 3.06. The highest BCUT2D eigenvalue weighted by atomic mass is 79.9. The molecule has 1 rings (SSSR count). The zero-order valence-electron chi connectivity index (χ0n) is 7.88. The quantitative estimate of drug-likeness (QED) is 0.599. The molecular formula is C11H10BrNO. The van der Waals surface area contributed by atoms with E-state index in [1.54, 1.807) is 0 Å². The van der Waals surface area contributed by atoms with Crippen LogP contribution in [0.15, 0.2) is 34.2 Å². The topological polar surface area (TPSA) is 29.4 Å². The Morgan fingerprint density at radius 2 is 2.29 bits per heavy atom. The maximum absolute atomic E-state index is 9.96. The number of hydrogen-bond acceptors (Lipinski definition) is 2. The Bertz CT molecular complexity index is 406. The van der Waals surface area contributed by atoms with Crippen LogP contribution in [-0.2, 0) is 11.3 Å². The number of hydrogen-bond donors (Lipinski definition) is 0. The monoisotopic (exact) mass is 251 g/mol. The third-order valence-corrected chi connectivity index (χ3v) is 2.23. The predicted octanol–water partition coefficient (Wildman–Crippen LogP) is 3.32. The van der Waals surface area contributed by atoms with Crippen LogP contribution in [0.4, 0.5) is 0 Å². The summed E-state index contributed by atoms with van der Waals surface area (Å²) in [6.07, 6.45) is 1.52. The zero-order valence-corrected chi connectivity index (χ0v) is 9.47. The predicted molar refractivity (Wildman–Crippen MR) is 60.7 cm³/mol. The van der Waals surface area contributed by atoms with E-state index in [4.69, 9.17) is 0 Å². The van der Waals surface area contributed by atoms with Gasteiger partial charge in [-0.15, -0.1) is 0 Å². The standard InChI is InChI=1S/C11H10BrNO/c1-8(2)10-3-9(6-13-7-14)4-11(12)5-10/h3-5H,1,6H2,2H3. The summed E-state index contributed by atoms with van der Waals surface area (Å²) < 4.78 is 0.967. The first-order chi connectivity index (χ1) is 6.63. The summed E-state index contributed by atoms with van der Waals surface area (Å²) in [4.78, 5) is 13.5. The second-order valence-electron chi connectivity index (χ2n) is 3.04. The Kier molecular flexibility index (Phi) is 3.81. The average molecular weight is 252 g/mol. The van der Waals surface area contributed by atoms with E-state index >= 15 is 0 Å². The van der Waals surface area contributed by atoms with Crippen LogP contribution in [0, 0.1) is 0 Å². The van der Waals surface area contributed by atoms with Crippen molar-refractivity contribution in [2.24, 2.45) is 4.99 Å². The Morgan fingerprint density at radius 3 is 2.86 bits per heavy atom. The third-order valence-electron chi connectivity index (χ3n) is 1.78. The van der Waals surface area contributed by atoms with Crippen molar-refractivity contribution in [1.82, 2.24) is 0 Å². The first-order valence-corrected chi connectivity index (χ1v) is 4.92. The molecule has 0 spiro atoms. The van der Waals surface area contributed by atoms with E-state index in [9.17, 15) is 4.79 Å². The van der Waals surface area contributed by atoms with E-state index in [1.807, 2.05) is 25.1 Å². The van der Waals surface area contributed by atoms with E-state index in [1.165, 1.54) is 6.08 Å². The lowest BCUT2D eigenvalue weighted by molar-refractivity contribution is 0.563. The van der Waals surface area contributed by atoms with Crippen molar-refractivity contribution >= 4 is 27.6 Å². The molecule has 0 saturated carbocycles. The lowest BCUT2D eigenvalue weighted by Crippen LogP contribution is -1.85. The highest BCUT2D eigenvalue weighted by Gasteiger charge is 1.99. The van der Waals surface area contributed by atoms with Crippen LogP contribution in [-0.4, -0.2) is 6.08 Å². The van der Waals surface area contributed by atoms with Crippen LogP contribution in [0.2, 0.25) is 0 Å². The fraction of sp³-hybridized carbons (Fsp3) is 0.182. The second-order valence-corrected chi connectivity index (χ2v) is 3.95. The number of allylic oxidation sites excluding steroid dienone is 1. The van der Waals surface area contributed by atoms with Gasteiger partial charge in [0.05, 0.1) is 6.54 Å². The molecule has 0 fully saturated rings. The van der Waals surface area contributed by atoms with E-state index in [0.717, 1.165) is 21.2 Å². The molecule has 0 bridgehead atoms. The molecule has 0 atom stereocenters. The summed E-state index contributed by atoms with van der Waals surface area (Å²) in [5, 5.41) is 0. The molecule has 0 unspecified atom stereocenters. The van der Waals surface area contributed by atoms with Crippen LogP contribution < -0.4 is 0 Å². The summed E-state index contributed by atoms with van der Waals surface area (Å²) in [7, 11) is 0. The molecule has 0 amide bonds. The van der Waals surface area contributed by atoms with Crippen molar-refractivity contribution in [3.8, 4) is 0 Å². The molecular weight excluding hydrogens is 242 g/mol. The van der Waals surface area contributed by atoms with Gasteiger partial charge in [-0.1, -0.05) is 28.1 Å². The first kappa shape index (κ1) is 10.9. The summed E-state index contributed by atoms with van der Waals surface area (Å²) in [6, 6.07) is 5.87. The van der Waals surface area contributed by atoms with E-state index < -0.39 is 0 Å².